The molecule has 1 amide bonds. The molecular formula is C27H30N2O5S2. The first kappa shape index (κ1) is 25.9. The minimum Gasteiger partial charge on any atom is -0.454 e. The molecule has 0 radical (unpaired) electrons. The average molecular weight is 527 g/mol. The molecule has 3 aromatic rings. The van der Waals surface area contributed by atoms with Crippen LogP contribution in [-0.4, -0.2) is 43.4 Å². The Morgan fingerprint density at radius 2 is 1.78 bits per heavy atom. The zero-order valence-electron chi connectivity index (χ0n) is 20.7. The van der Waals surface area contributed by atoms with E-state index in [4.69, 9.17) is 9.47 Å². The van der Waals surface area contributed by atoms with Crippen molar-refractivity contribution in [3.05, 3.63) is 87.6 Å². The highest BCUT2D eigenvalue weighted by molar-refractivity contribution is 7.89. The Morgan fingerprint density at radius 3 is 2.44 bits per heavy atom. The summed E-state index contributed by atoms with van der Waals surface area (Å²) in [5, 5.41) is 1.95. The molecule has 9 heteroatoms. The van der Waals surface area contributed by atoms with Crippen LogP contribution in [0.1, 0.15) is 27.1 Å². The summed E-state index contributed by atoms with van der Waals surface area (Å²) in [4.78, 5) is 16.5. The average Bonchev–Trinajstić information content (AvgIpc) is 3.49. The number of carbonyl (C=O) groups is 1. The van der Waals surface area contributed by atoms with Gasteiger partial charge in [-0.25, -0.2) is 8.42 Å². The van der Waals surface area contributed by atoms with Crippen molar-refractivity contribution in [3.8, 4) is 11.5 Å². The topological polar surface area (TPSA) is 76.2 Å². The van der Waals surface area contributed by atoms with E-state index in [1.54, 1.807) is 30.1 Å². The largest absolute Gasteiger partial charge is 0.454 e. The molecule has 2 aromatic carbocycles. The Balaban J connectivity index is 1.62. The number of sulfonamides is 1. The Morgan fingerprint density at radius 1 is 1.06 bits per heavy atom. The maximum atomic E-state index is 13.7. The van der Waals surface area contributed by atoms with E-state index < -0.39 is 10.0 Å². The molecule has 0 saturated carbocycles. The molecule has 1 aliphatic heterocycles. The predicted octanol–water partition coefficient (Wildman–Crippen LogP) is 4.81. The number of carbonyl (C=O) groups excluding carboxylic acids is 1. The number of hydrogen-bond donors (Lipinski definition) is 0. The minimum absolute atomic E-state index is 0.0255. The summed E-state index contributed by atoms with van der Waals surface area (Å²) in [5.41, 5.74) is 3.17. The van der Waals surface area contributed by atoms with E-state index in [0.29, 0.717) is 35.7 Å². The van der Waals surface area contributed by atoms with Crippen molar-refractivity contribution < 1.29 is 22.7 Å². The molecule has 1 aliphatic rings. The van der Waals surface area contributed by atoms with E-state index >= 15 is 0 Å². The van der Waals surface area contributed by atoms with Crippen LogP contribution in [0.4, 0.5) is 0 Å². The molecule has 7 nitrogen and oxygen atoms in total. The van der Waals surface area contributed by atoms with Crippen LogP contribution in [0, 0.1) is 20.8 Å². The number of ether oxygens (including phenoxy) is 2. The molecule has 0 saturated heterocycles. The smallest absolute Gasteiger partial charge is 0.244 e. The Labute approximate surface area is 216 Å². The first-order chi connectivity index (χ1) is 17.2. The molecule has 2 heterocycles. The van der Waals surface area contributed by atoms with Gasteiger partial charge in [-0.2, -0.15) is 4.31 Å². The fraction of sp³-hybridized carbons (Fsp3) is 0.296. The van der Waals surface area contributed by atoms with Gasteiger partial charge in [0.1, 0.15) is 0 Å². The zero-order chi connectivity index (χ0) is 25.9. The first-order valence-corrected chi connectivity index (χ1v) is 13.9. The summed E-state index contributed by atoms with van der Waals surface area (Å²) in [6.07, 6.45) is 1.51. The highest BCUT2D eigenvalue weighted by Gasteiger charge is 2.30. The summed E-state index contributed by atoms with van der Waals surface area (Å²) >= 11 is 1.55. The Kier molecular flexibility index (Phi) is 7.82. The lowest BCUT2D eigenvalue weighted by Gasteiger charge is -2.27. The number of amides is 1. The quantitative estimate of drug-likeness (QED) is 0.355. The lowest BCUT2D eigenvalue weighted by molar-refractivity contribution is -0.132. The molecule has 1 aromatic heterocycles. The lowest BCUT2D eigenvalue weighted by atomic mass is 10.1. The number of benzene rings is 2. The fourth-order valence-electron chi connectivity index (χ4n) is 4.43. The lowest BCUT2D eigenvalue weighted by Crippen LogP contribution is -2.42. The third kappa shape index (κ3) is 5.64. The number of aryl methyl sites for hydroxylation is 3. The van der Waals surface area contributed by atoms with Gasteiger partial charge in [-0.1, -0.05) is 35.9 Å². The van der Waals surface area contributed by atoms with Crippen LogP contribution in [0.3, 0.4) is 0 Å². The highest BCUT2D eigenvalue weighted by Crippen LogP contribution is 2.33. The third-order valence-electron chi connectivity index (χ3n) is 5.94. The van der Waals surface area contributed by atoms with Gasteiger partial charge in [0, 0.05) is 18.0 Å². The van der Waals surface area contributed by atoms with Crippen LogP contribution in [0.25, 0.3) is 0 Å². The fourth-order valence-corrected chi connectivity index (χ4v) is 6.92. The first-order valence-electron chi connectivity index (χ1n) is 11.6. The second kappa shape index (κ2) is 10.9. The van der Waals surface area contributed by atoms with Crippen LogP contribution >= 0.6 is 11.3 Å². The maximum absolute atomic E-state index is 13.7. The van der Waals surface area contributed by atoms with Crippen molar-refractivity contribution in [2.45, 2.75) is 38.8 Å². The molecule has 36 heavy (non-hydrogen) atoms. The molecule has 0 spiro atoms. The van der Waals surface area contributed by atoms with Crippen molar-refractivity contribution in [1.29, 1.82) is 0 Å². The molecule has 190 valence electrons. The van der Waals surface area contributed by atoms with Gasteiger partial charge in [0.25, 0.3) is 0 Å². The van der Waals surface area contributed by atoms with Crippen LogP contribution in [0.5, 0.6) is 11.5 Å². The van der Waals surface area contributed by atoms with Crippen LogP contribution in [0.15, 0.2) is 65.4 Å². The molecule has 0 aliphatic carbocycles. The Hall–Kier alpha value is -3.14. The SMILES string of the molecule is C=CCN(CC(=O)N(Cc1ccc2c(c1)OCO2)Cc1cccs1)S(=O)(=O)c1c(C)cc(C)cc1C. The van der Waals surface area contributed by atoms with E-state index in [0.717, 1.165) is 16.0 Å². The molecule has 0 atom stereocenters. The second-order valence-corrected chi connectivity index (χ2v) is 11.7. The van der Waals surface area contributed by atoms with Crippen molar-refractivity contribution in [2.24, 2.45) is 0 Å². The van der Waals surface area contributed by atoms with Crippen molar-refractivity contribution in [2.75, 3.05) is 19.9 Å². The number of rotatable bonds is 10. The summed E-state index contributed by atoms with van der Waals surface area (Å²) in [6.45, 7) is 9.79. The molecule has 4 rings (SSSR count). The van der Waals surface area contributed by atoms with Gasteiger partial charge in [0.05, 0.1) is 18.0 Å². The second-order valence-electron chi connectivity index (χ2n) is 8.83. The number of fused-ring (bicyclic) bond motifs is 1. The molecule has 0 fully saturated rings. The normalized spacial score (nSPS) is 12.7. The summed E-state index contributed by atoms with van der Waals surface area (Å²) < 4.78 is 39.5. The minimum atomic E-state index is -3.93. The van der Waals surface area contributed by atoms with Gasteiger partial charge in [0.2, 0.25) is 22.7 Å². The maximum Gasteiger partial charge on any atom is 0.244 e. The molecule has 0 bridgehead atoms. The van der Waals surface area contributed by atoms with Crippen LogP contribution in [-0.2, 0) is 27.9 Å². The molecular weight excluding hydrogens is 496 g/mol. The van der Waals surface area contributed by atoms with E-state index in [-0.39, 0.29) is 30.7 Å². The van der Waals surface area contributed by atoms with Crippen LogP contribution in [0.2, 0.25) is 0 Å². The monoisotopic (exact) mass is 526 g/mol. The van der Waals surface area contributed by atoms with E-state index in [1.807, 2.05) is 54.8 Å². The van der Waals surface area contributed by atoms with Crippen molar-refractivity contribution in [1.82, 2.24) is 9.21 Å². The van der Waals surface area contributed by atoms with Gasteiger partial charge < -0.3 is 14.4 Å². The van der Waals surface area contributed by atoms with E-state index in [1.165, 1.54) is 10.4 Å². The number of nitrogens with zero attached hydrogens (tertiary/aromatic N) is 2. The van der Waals surface area contributed by atoms with Gasteiger partial charge in [0.15, 0.2) is 11.5 Å². The predicted molar refractivity (Wildman–Crippen MR) is 141 cm³/mol. The van der Waals surface area contributed by atoms with Gasteiger partial charge in [-0.3, -0.25) is 4.79 Å². The Bertz CT molecular complexity index is 1340. The van der Waals surface area contributed by atoms with Gasteiger partial charge in [-0.05, 0) is 61.0 Å². The summed E-state index contributed by atoms with van der Waals surface area (Å²) in [5.74, 6) is 1.01. The van der Waals surface area contributed by atoms with Crippen molar-refractivity contribution in [3.63, 3.8) is 0 Å². The molecule has 0 unspecified atom stereocenters. The van der Waals surface area contributed by atoms with E-state index in [9.17, 15) is 13.2 Å². The van der Waals surface area contributed by atoms with E-state index in [2.05, 4.69) is 6.58 Å². The number of hydrogen-bond acceptors (Lipinski definition) is 6. The summed E-state index contributed by atoms with van der Waals surface area (Å²) in [6, 6.07) is 13.1. The van der Waals surface area contributed by atoms with Gasteiger partial charge >= 0.3 is 0 Å². The van der Waals surface area contributed by atoms with Crippen molar-refractivity contribution >= 4 is 27.3 Å². The summed E-state index contributed by atoms with van der Waals surface area (Å²) in [7, 11) is -3.93. The zero-order valence-corrected chi connectivity index (χ0v) is 22.3. The number of thiophene rings is 1. The third-order valence-corrected chi connectivity index (χ3v) is 8.92. The highest BCUT2D eigenvalue weighted by atomic mass is 32.2. The van der Waals surface area contributed by atoms with Crippen LogP contribution < -0.4 is 9.47 Å². The molecule has 0 N–H and O–H groups in total. The van der Waals surface area contributed by atoms with Gasteiger partial charge in [-0.15, -0.1) is 17.9 Å². The standard InChI is InChI=1S/C27H30N2O5S2/c1-5-10-29(36(31,32)27-20(3)12-19(2)13-21(27)4)17-26(30)28(16-23-7-6-11-35-23)15-22-8-9-24-25(14-22)34-18-33-24/h5-9,11-14H,1,10,15-18H2,2-4H3.